The molecule has 1 aromatic carbocycles. The third-order valence-corrected chi connectivity index (χ3v) is 2.26. The van der Waals surface area contributed by atoms with Crippen molar-refractivity contribution in [3.05, 3.63) is 34.1 Å². The van der Waals surface area contributed by atoms with Gasteiger partial charge in [-0.15, -0.1) is 12.4 Å². The molecular formula is C10H13BrClFN2O. The van der Waals surface area contributed by atoms with Gasteiger partial charge >= 0.3 is 0 Å². The Labute approximate surface area is 108 Å². The Balaban J connectivity index is 0.00000225. The van der Waals surface area contributed by atoms with Crippen LogP contribution >= 0.6 is 28.3 Å². The summed E-state index contributed by atoms with van der Waals surface area (Å²) >= 11 is 3.17. The number of hydrogen-bond donors (Lipinski definition) is 2. The maximum absolute atomic E-state index is 12.9. The molecule has 0 aliphatic carbocycles. The number of nitrogens with one attached hydrogen (secondary N) is 1. The lowest BCUT2D eigenvalue weighted by molar-refractivity contribution is -0.122. The van der Waals surface area contributed by atoms with Gasteiger partial charge in [0.25, 0.3) is 0 Å². The van der Waals surface area contributed by atoms with Crippen molar-refractivity contribution in [2.75, 3.05) is 0 Å². The van der Waals surface area contributed by atoms with E-state index in [2.05, 4.69) is 21.2 Å². The molecule has 0 heterocycles. The van der Waals surface area contributed by atoms with Crippen LogP contribution in [0, 0.1) is 5.82 Å². The highest BCUT2D eigenvalue weighted by Crippen LogP contribution is 2.14. The summed E-state index contributed by atoms with van der Waals surface area (Å²) in [7, 11) is 0. The minimum Gasteiger partial charge on any atom is -0.351 e. The topological polar surface area (TPSA) is 55.1 Å². The second-order valence-corrected chi connectivity index (χ2v) is 4.20. The first-order valence-corrected chi connectivity index (χ1v) is 5.26. The van der Waals surface area contributed by atoms with E-state index in [9.17, 15) is 9.18 Å². The fraction of sp³-hybridized carbons (Fsp3) is 0.300. The van der Waals surface area contributed by atoms with Crippen molar-refractivity contribution in [2.45, 2.75) is 19.5 Å². The monoisotopic (exact) mass is 310 g/mol. The van der Waals surface area contributed by atoms with Crippen molar-refractivity contribution in [2.24, 2.45) is 5.73 Å². The molecular weight excluding hydrogens is 298 g/mol. The lowest BCUT2D eigenvalue weighted by atomic mass is 10.2. The first-order valence-electron chi connectivity index (χ1n) is 4.47. The molecule has 0 bridgehead atoms. The van der Waals surface area contributed by atoms with Gasteiger partial charge in [-0.3, -0.25) is 4.79 Å². The van der Waals surface area contributed by atoms with E-state index in [0.717, 1.165) is 0 Å². The fourth-order valence-electron chi connectivity index (χ4n) is 1.06. The van der Waals surface area contributed by atoms with Gasteiger partial charge in [0.05, 0.1) is 6.04 Å². The number of carbonyl (C=O) groups is 1. The number of hydrogen-bond acceptors (Lipinski definition) is 2. The predicted octanol–water partition coefficient (Wildman–Crippen LogP) is 1.97. The number of benzene rings is 1. The van der Waals surface area contributed by atoms with E-state index < -0.39 is 6.04 Å². The zero-order valence-electron chi connectivity index (χ0n) is 8.67. The SMILES string of the molecule is C[C@H](N)C(=O)NCc1cc(F)cc(Br)c1.Cl. The van der Waals surface area contributed by atoms with E-state index >= 15 is 0 Å². The summed E-state index contributed by atoms with van der Waals surface area (Å²) in [6.07, 6.45) is 0. The fourth-order valence-corrected chi connectivity index (χ4v) is 1.58. The van der Waals surface area contributed by atoms with Crippen LogP contribution in [0.1, 0.15) is 12.5 Å². The molecule has 3 nitrogen and oxygen atoms in total. The largest absolute Gasteiger partial charge is 0.351 e. The summed E-state index contributed by atoms with van der Waals surface area (Å²) in [4.78, 5) is 11.1. The number of nitrogens with two attached hydrogens (primary N) is 1. The summed E-state index contributed by atoms with van der Waals surface area (Å²) in [5.74, 6) is -0.593. The summed E-state index contributed by atoms with van der Waals surface area (Å²) in [5.41, 5.74) is 6.06. The lowest BCUT2D eigenvalue weighted by Crippen LogP contribution is -2.37. The molecule has 1 rings (SSSR count). The second-order valence-electron chi connectivity index (χ2n) is 3.28. The molecule has 90 valence electrons. The van der Waals surface area contributed by atoms with Crippen molar-refractivity contribution in [3.8, 4) is 0 Å². The zero-order chi connectivity index (χ0) is 11.4. The van der Waals surface area contributed by atoms with Gasteiger partial charge in [0, 0.05) is 11.0 Å². The molecule has 0 aromatic heterocycles. The molecule has 0 unspecified atom stereocenters. The highest BCUT2D eigenvalue weighted by atomic mass is 79.9. The van der Waals surface area contributed by atoms with Gasteiger partial charge in [0.1, 0.15) is 5.82 Å². The standard InChI is InChI=1S/C10H12BrFN2O.ClH/c1-6(13)10(15)14-5-7-2-8(11)4-9(12)3-7;/h2-4,6H,5,13H2,1H3,(H,14,15);1H/t6-;/m0./s1. The minimum atomic E-state index is -0.554. The molecule has 0 spiro atoms. The Hall–Kier alpha value is -0.650. The third-order valence-electron chi connectivity index (χ3n) is 1.80. The van der Waals surface area contributed by atoms with Crippen LogP contribution in [0.15, 0.2) is 22.7 Å². The van der Waals surface area contributed by atoms with Crippen LogP contribution in [0.3, 0.4) is 0 Å². The van der Waals surface area contributed by atoms with Crippen molar-refractivity contribution < 1.29 is 9.18 Å². The number of carbonyl (C=O) groups excluding carboxylic acids is 1. The van der Waals surface area contributed by atoms with Gasteiger partial charge in [0.15, 0.2) is 0 Å². The maximum atomic E-state index is 12.9. The Kier molecular flexibility index (Phi) is 6.55. The Morgan fingerprint density at radius 2 is 2.19 bits per heavy atom. The van der Waals surface area contributed by atoms with E-state index in [1.165, 1.54) is 12.1 Å². The van der Waals surface area contributed by atoms with Gasteiger partial charge in [-0.05, 0) is 30.7 Å². The summed E-state index contributed by atoms with van der Waals surface area (Å²) in [5, 5.41) is 2.60. The van der Waals surface area contributed by atoms with E-state index in [-0.39, 0.29) is 30.7 Å². The average Bonchev–Trinajstić information content (AvgIpc) is 2.12. The molecule has 0 radical (unpaired) electrons. The summed E-state index contributed by atoms with van der Waals surface area (Å²) in [6, 6.07) is 3.91. The summed E-state index contributed by atoms with van der Waals surface area (Å²) < 4.78 is 13.6. The highest BCUT2D eigenvalue weighted by molar-refractivity contribution is 9.10. The number of rotatable bonds is 3. The number of amides is 1. The zero-order valence-corrected chi connectivity index (χ0v) is 11.1. The van der Waals surface area contributed by atoms with Crippen molar-refractivity contribution in [3.63, 3.8) is 0 Å². The predicted molar refractivity (Wildman–Crippen MR) is 66.8 cm³/mol. The first-order chi connectivity index (χ1) is 6.99. The molecule has 1 atom stereocenters. The van der Waals surface area contributed by atoms with E-state index in [0.29, 0.717) is 10.0 Å². The van der Waals surface area contributed by atoms with Crippen LogP contribution in [0.25, 0.3) is 0 Å². The average molecular weight is 312 g/mol. The third kappa shape index (κ3) is 4.92. The minimum absolute atomic E-state index is 0. The van der Waals surface area contributed by atoms with Crippen LogP contribution in [-0.4, -0.2) is 11.9 Å². The van der Waals surface area contributed by atoms with Crippen LogP contribution < -0.4 is 11.1 Å². The van der Waals surface area contributed by atoms with E-state index in [1.807, 2.05) is 0 Å². The van der Waals surface area contributed by atoms with Crippen LogP contribution in [0.5, 0.6) is 0 Å². The van der Waals surface area contributed by atoms with Gasteiger partial charge in [0.2, 0.25) is 5.91 Å². The smallest absolute Gasteiger partial charge is 0.236 e. The van der Waals surface area contributed by atoms with Gasteiger partial charge < -0.3 is 11.1 Å². The molecule has 3 N–H and O–H groups in total. The molecule has 1 aromatic rings. The van der Waals surface area contributed by atoms with Crippen molar-refractivity contribution >= 4 is 34.2 Å². The van der Waals surface area contributed by atoms with Crippen LogP contribution in [0.4, 0.5) is 4.39 Å². The molecule has 0 aliphatic rings. The summed E-state index contributed by atoms with van der Waals surface area (Å²) in [6.45, 7) is 1.87. The number of halogens is 3. The Morgan fingerprint density at radius 1 is 1.56 bits per heavy atom. The molecule has 0 fully saturated rings. The quantitative estimate of drug-likeness (QED) is 0.897. The van der Waals surface area contributed by atoms with Gasteiger partial charge in [-0.1, -0.05) is 15.9 Å². The van der Waals surface area contributed by atoms with Crippen LogP contribution in [-0.2, 0) is 11.3 Å². The normalized spacial score (nSPS) is 11.5. The second kappa shape index (κ2) is 6.83. The van der Waals surface area contributed by atoms with Gasteiger partial charge in [-0.25, -0.2) is 4.39 Å². The Morgan fingerprint density at radius 3 is 2.69 bits per heavy atom. The first kappa shape index (κ1) is 15.3. The molecule has 6 heteroatoms. The van der Waals surface area contributed by atoms with Gasteiger partial charge in [-0.2, -0.15) is 0 Å². The van der Waals surface area contributed by atoms with E-state index in [1.54, 1.807) is 13.0 Å². The molecule has 0 saturated carbocycles. The molecule has 16 heavy (non-hydrogen) atoms. The lowest BCUT2D eigenvalue weighted by Gasteiger charge is -2.08. The molecule has 1 amide bonds. The molecule has 0 saturated heterocycles. The maximum Gasteiger partial charge on any atom is 0.236 e. The Bertz CT molecular complexity index is 354. The van der Waals surface area contributed by atoms with E-state index in [4.69, 9.17) is 5.73 Å². The van der Waals surface area contributed by atoms with Crippen molar-refractivity contribution in [1.29, 1.82) is 0 Å². The highest BCUT2D eigenvalue weighted by Gasteiger charge is 2.06. The van der Waals surface area contributed by atoms with Crippen LogP contribution in [0.2, 0.25) is 0 Å². The van der Waals surface area contributed by atoms with Crippen molar-refractivity contribution in [1.82, 2.24) is 5.32 Å². The molecule has 0 aliphatic heterocycles.